The number of aromatic nitrogens is 2. The Morgan fingerprint density at radius 3 is 3.00 bits per heavy atom. The smallest absolute Gasteiger partial charge is 0.236 e. The topological polar surface area (TPSA) is 54.9 Å². The summed E-state index contributed by atoms with van der Waals surface area (Å²) in [6.45, 7) is 4.28. The molecule has 2 rings (SSSR count). The first kappa shape index (κ1) is 15.5. The number of hydrogen-bond acceptors (Lipinski definition) is 6. The average molecular weight is 328 g/mol. The van der Waals surface area contributed by atoms with Crippen LogP contribution in [0.25, 0.3) is 0 Å². The van der Waals surface area contributed by atoms with Gasteiger partial charge < -0.3 is 0 Å². The highest BCUT2D eigenvalue weighted by Crippen LogP contribution is 2.20. The minimum absolute atomic E-state index is 0.0150. The van der Waals surface area contributed by atoms with Crippen LogP contribution in [0.5, 0.6) is 0 Å². The van der Waals surface area contributed by atoms with Gasteiger partial charge >= 0.3 is 0 Å². The monoisotopic (exact) mass is 327 g/mol. The highest BCUT2D eigenvalue weighted by molar-refractivity contribution is 7.99. The van der Waals surface area contributed by atoms with E-state index in [0.717, 1.165) is 17.2 Å². The van der Waals surface area contributed by atoms with Gasteiger partial charge in [0, 0.05) is 17.1 Å². The van der Waals surface area contributed by atoms with Crippen molar-refractivity contribution < 1.29 is 4.79 Å². The molecule has 0 aliphatic rings. The number of carbonyl (C=O) groups excluding carboxylic acids is 1. The molecule has 4 nitrogen and oxygen atoms in total. The maximum absolute atomic E-state index is 11.8. The lowest BCUT2D eigenvalue weighted by atomic mass is 10.1. The Morgan fingerprint density at radius 2 is 2.30 bits per heavy atom. The normalized spacial score (nSPS) is 10.9. The van der Waals surface area contributed by atoms with E-state index in [-0.39, 0.29) is 5.91 Å². The van der Waals surface area contributed by atoms with Crippen molar-refractivity contribution in [3.8, 4) is 0 Å². The number of rotatable bonds is 7. The molecule has 0 aliphatic heterocycles. The van der Waals surface area contributed by atoms with Crippen molar-refractivity contribution in [1.82, 2.24) is 10.2 Å². The van der Waals surface area contributed by atoms with E-state index in [9.17, 15) is 4.79 Å². The Bertz CT molecular complexity index is 537. The van der Waals surface area contributed by atoms with Crippen LogP contribution in [0.3, 0.4) is 0 Å². The van der Waals surface area contributed by atoms with Crippen LogP contribution in [0.2, 0.25) is 0 Å². The molecular weight excluding hydrogens is 310 g/mol. The van der Waals surface area contributed by atoms with Crippen LogP contribution in [-0.4, -0.2) is 21.9 Å². The highest BCUT2D eigenvalue weighted by atomic mass is 32.2. The molecule has 2 aromatic heterocycles. The van der Waals surface area contributed by atoms with Gasteiger partial charge in [0.1, 0.15) is 5.01 Å². The van der Waals surface area contributed by atoms with Gasteiger partial charge in [-0.2, -0.15) is 0 Å². The highest BCUT2D eigenvalue weighted by Gasteiger charge is 2.09. The molecule has 2 heterocycles. The predicted molar refractivity (Wildman–Crippen MR) is 87.6 cm³/mol. The zero-order chi connectivity index (χ0) is 14.4. The predicted octanol–water partition coefficient (Wildman–Crippen LogP) is 3.67. The van der Waals surface area contributed by atoms with Crippen molar-refractivity contribution in [2.45, 2.75) is 26.0 Å². The minimum Gasteiger partial charge on any atom is -0.300 e. The summed E-state index contributed by atoms with van der Waals surface area (Å²) in [4.78, 5) is 13.1. The van der Waals surface area contributed by atoms with Crippen molar-refractivity contribution in [1.29, 1.82) is 0 Å². The fourth-order valence-electron chi connectivity index (χ4n) is 1.53. The summed E-state index contributed by atoms with van der Waals surface area (Å²) >= 11 is 4.78. The van der Waals surface area contributed by atoms with E-state index in [1.807, 2.05) is 11.4 Å². The third-order valence-electron chi connectivity index (χ3n) is 2.35. The van der Waals surface area contributed by atoms with Crippen LogP contribution in [-0.2, 0) is 17.0 Å². The first-order valence-corrected chi connectivity index (χ1v) is 9.21. The number of nitrogens with zero attached hydrogens (tertiary/aromatic N) is 2. The first-order valence-electron chi connectivity index (χ1n) is 6.36. The Balaban J connectivity index is 1.72. The molecule has 2 aromatic rings. The van der Waals surface area contributed by atoms with Gasteiger partial charge in [-0.25, -0.2) is 0 Å². The molecule has 0 atom stereocenters. The average Bonchev–Trinajstić information content (AvgIpc) is 3.00. The van der Waals surface area contributed by atoms with Crippen LogP contribution >= 0.6 is 34.4 Å². The fourth-order valence-corrected chi connectivity index (χ4v) is 4.17. The molecule has 0 spiro atoms. The van der Waals surface area contributed by atoms with Gasteiger partial charge in [-0.15, -0.1) is 33.3 Å². The molecule has 108 valence electrons. The van der Waals surface area contributed by atoms with Crippen molar-refractivity contribution in [3.63, 3.8) is 0 Å². The van der Waals surface area contributed by atoms with Crippen molar-refractivity contribution in [2.75, 3.05) is 11.1 Å². The molecule has 0 bridgehead atoms. The molecule has 0 saturated carbocycles. The second kappa shape index (κ2) is 7.75. The van der Waals surface area contributed by atoms with E-state index in [0.29, 0.717) is 16.8 Å². The summed E-state index contributed by atoms with van der Waals surface area (Å²) in [6.07, 6.45) is 0.903. The number of nitrogens with one attached hydrogen (secondary N) is 1. The van der Waals surface area contributed by atoms with Crippen LogP contribution in [0, 0.1) is 5.92 Å². The standard InChI is InChI=1S/C13H17N3OS3/c1-9(2)6-12-15-16-13(20-12)14-11(17)8-18-7-10-4-3-5-19-10/h3-5,9H,6-8H2,1-2H3,(H,14,16,17). The SMILES string of the molecule is CC(C)Cc1nnc(NC(=O)CSCc2cccs2)s1. The number of hydrogen-bond donors (Lipinski definition) is 1. The lowest BCUT2D eigenvalue weighted by molar-refractivity contribution is -0.113. The third-order valence-corrected chi connectivity index (χ3v) is 5.26. The first-order chi connectivity index (χ1) is 9.63. The van der Waals surface area contributed by atoms with E-state index < -0.39 is 0 Å². The molecule has 1 amide bonds. The third kappa shape index (κ3) is 5.22. The molecular formula is C13H17N3OS3. The summed E-state index contributed by atoms with van der Waals surface area (Å²) in [6, 6.07) is 4.11. The summed E-state index contributed by atoms with van der Waals surface area (Å²) in [5.41, 5.74) is 0. The van der Waals surface area contributed by atoms with Crippen LogP contribution in [0.15, 0.2) is 17.5 Å². The molecule has 20 heavy (non-hydrogen) atoms. The van der Waals surface area contributed by atoms with Crippen molar-refractivity contribution in [2.24, 2.45) is 5.92 Å². The Labute approximate surface area is 131 Å². The zero-order valence-corrected chi connectivity index (χ0v) is 13.9. The van der Waals surface area contributed by atoms with Gasteiger partial charge in [-0.05, 0) is 17.4 Å². The van der Waals surface area contributed by atoms with Gasteiger partial charge in [0.2, 0.25) is 11.0 Å². The van der Waals surface area contributed by atoms with Crippen LogP contribution < -0.4 is 5.32 Å². The van der Waals surface area contributed by atoms with Crippen LogP contribution in [0.4, 0.5) is 5.13 Å². The molecule has 0 aliphatic carbocycles. The molecule has 0 aromatic carbocycles. The summed E-state index contributed by atoms with van der Waals surface area (Å²) < 4.78 is 0. The van der Waals surface area contributed by atoms with Crippen molar-refractivity contribution >= 4 is 45.5 Å². The van der Waals surface area contributed by atoms with Gasteiger partial charge in [0.25, 0.3) is 0 Å². The molecule has 0 saturated heterocycles. The van der Waals surface area contributed by atoms with Gasteiger partial charge in [0.05, 0.1) is 5.75 Å². The van der Waals surface area contributed by atoms with E-state index in [4.69, 9.17) is 0 Å². The van der Waals surface area contributed by atoms with Crippen LogP contribution in [0.1, 0.15) is 23.7 Å². The lowest BCUT2D eigenvalue weighted by Crippen LogP contribution is -2.13. The maximum atomic E-state index is 11.8. The fraction of sp³-hybridized carbons (Fsp3) is 0.462. The Hall–Kier alpha value is -0.920. The summed E-state index contributed by atoms with van der Waals surface area (Å²) in [5.74, 6) is 1.85. The maximum Gasteiger partial charge on any atom is 0.236 e. The Morgan fingerprint density at radius 1 is 1.45 bits per heavy atom. The number of carbonyl (C=O) groups is 1. The zero-order valence-electron chi connectivity index (χ0n) is 11.5. The second-order valence-corrected chi connectivity index (χ2v) is 7.80. The van der Waals surface area contributed by atoms with E-state index in [1.165, 1.54) is 16.2 Å². The van der Waals surface area contributed by atoms with Gasteiger partial charge in [0.15, 0.2) is 0 Å². The quantitative estimate of drug-likeness (QED) is 0.843. The number of thiophene rings is 1. The van der Waals surface area contributed by atoms with Crippen molar-refractivity contribution in [3.05, 3.63) is 27.4 Å². The molecule has 7 heteroatoms. The molecule has 0 unspecified atom stereocenters. The van der Waals surface area contributed by atoms with Gasteiger partial charge in [-0.1, -0.05) is 31.3 Å². The largest absolute Gasteiger partial charge is 0.300 e. The number of amides is 1. The Kier molecular flexibility index (Phi) is 6.00. The summed E-state index contributed by atoms with van der Waals surface area (Å²) in [5, 5.41) is 14.5. The lowest BCUT2D eigenvalue weighted by Gasteiger charge is -2.00. The van der Waals surface area contributed by atoms with E-state index >= 15 is 0 Å². The minimum atomic E-state index is -0.0150. The molecule has 0 fully saturated rings. The van der Waals surface area contributed by atoms with Gasteiger partial charge in [-0.3, -0.25) is 10.1 Å². The summed E-state index contributed by atoms with van der Waals surface area (Å²) in [7, 11) is 0. The second-order valence-electron chi connectivity index (χ2n) is 4.72. The number of thioether (sulfide) groups is 1. The molecule has 0 radical (unpaired) electrons. The van der Waals surface area contributed by atoms with E-state index in [2.05, 4.69) is 35.4 Å². The van der Waals surface area contributed by atoms with E-state index in [1.54, 1.807) is 23.1 Å². The number of anilines is 1. The molecule has 1 N–H and O–H groups in total.